The highest BCUT2D eigenvalue weighted by Crippen LogP contribution is 2.07. The van der Waals surface area contributed by atoms with Crippen LogP contribution in [0.5, 0.6) is 0 Å². The van der Waals surface area contributed by atoms with Gasteiger partial charge in [-0.25, -0.2) is 0 Å². The molecule has 3 nitrogen and oxygen atoms in total. The van der Waals surface area contributed by atoms with Gasteiger partial charge in [0.1, 0.15) is 12.4 Å². The maximum atomic E-state index is 5.91. The van der Waals surface area contributed by atoms with E-state index in [9.17, 15) is 0 Å². The van der Waals surface area contributed by atoms with Gasteiger partial charge in [-0.15, -0.1) is 0 Å². The lowest BCUT2D eigenvalue weighted by atomic mass is 10.2. The van der Waals surface area contributed by atoms with Crippen molar-refractivity contribution in [2.24, 2.45) is 0 Å². The third-order valence-electron chi connectivity index (χ3n) is 3.38. The molecule has 0 aromatic carbocycles. The molecule has 0 aromatic heterocycles. The van der Waals surface area contributed by atoms with Gasteiger partial charge in [-0.05, 0) is 32.4 Å². The third-order valence-corrected chi connectivity index (χ3v) is 3.38. The molecule has 0 unspecified atom stereocenters. The highest BCUT2D eigenvalue weighted by Gasteiger charge is 2.09. The fraction of sp³-hybridized carbons (Fsp3) is 0.647. The fourth-order valence-electron chi connectivity index (χ4n) is 1.89. The number of allylic oxidation sites excluding steroid dienone is 5. The van der Waals surface area contributed by atoms with E-state index in [1.807, 2.05) is 6.92 Å². The lowest BCUT2D eigenvalue weighted by Gasteiger charge is -2.26. The topological polar surface area (TPSA) is 21.7 Å². The van der Waals surface area contributed by atoms with E-state index in [1.165, 1.54) is 5.57 Å². The molecule has 0 saturated carbocycles. The number of morpholine rings is 1. The molecule has 1 heterocycles. The zero-order valence-electron chi connectivity index (χ0n) is 13.2. The van der Waals surface area contributed by atoms with Gasteiger partial charge >= 0.3 is 0 Å². The largest absolute Gasteiger partial charge is 0.493 e. The molecular formula is C17H29NO2. The van der Waals surface area contributed by atoms with Crippen LogP contribution in [0.2, 0.25) is 0 Å². The quantitative estimate of drug-likeness (QED) is 0.501. The zero-order valence-corrected chi connectivity index (χ0v) is 13.2. The first-order valence-corrected chi connectivity index (χ1v) is 7.70. The molecule has 1 saturated heterocycles. The van der Waals surface area contributed by atoms with Crippen LogP contribution in [0.3, 0.4) is 0 Å². The van der Waals surface area contributed by atoms with E-state index >= 15 is 0 Å². The molecule has 0 amide bonds. The Kier molecular flexibility index (Phi) is 9.09. The molecule has 0 aliphatic carbocycles. The fourth-order valence-corrected chi connectivity index (χ4v) is 1.89. The van der Waals surface area contributed by atoms with Gasteiger partial charge in [0.05, 0.1) is 13.2 Å². The molecule has 0 radical (unpaired) electrons. The summed E-state index contributed by atoms with van der Waals surface area (Å²) in [5, 5.41) is 0. The van der Waals surface area contributed by atoms with Gasteiger partial charge in [0.25, 0.3) is 0 Å². The molecule has 0 N–H and O–H groups in total. The van der Waals surface area contributed by atoms with Crippen LogP contribution in [0.1, 0.15) is 33.6 Å². The van der Waals surface area contributed by atoms with Gasteiger partial charge in [0.2, 0.25) is 0 Å². The van der Waals surface area contributed by atoms with Crippen LogP contribution in [-0.4, -0.2) is 44.4 Å². The second-order valence-corrected chi connectivity index (χ2v) is 5.06. The molecule has 1 rings (SSSR count). The van der Waals surface area contributed by atoms with E-state index in [0.717, 1.165) is 58.1 Å². The minimum atomic E-state index is 0.745. The number of ether oxygens (including phenoxy) is 2. The molecule has 0 aromatic rings. The average Bonchev–Trinajstić information content (AvgIpc) is 2.50. The predicted octanol–water partition coefficient (Wildman–Crippen LogP) is 3.54. The molecule has 0 spiro atoms. The van der Waals surface area contributed by atoms with Crippen LogP contribution in [0, 0.1) is 0 Å². The van der Waals surface area contributed by atoms with Crippen LogP contribution in [0.4, 0.5) is 0 Å². The number of unbranched alkanes of at least 4 members (excludes halogenated alkanes) is 1. The standard InChI is InChI=1S/C17H29NO2/c1-4-6-7-17(9-8-16(3)5-2)20-15-12-18-10-13-19-14-11-18/h5,7-9H,4,6,10-15H2,1-3H3/b9-8-,16-5-,17-7-. The van der Waals surface area contributed by atoms with Crippen LogP contribution in [-0.2, 0) is 9.47 Å². The normalized spacial score (nSPS) is 18.8. The summed E-state index contributed by atoms with van der Waals surface area (Å²) in [5.74, 6) is 0.987. The molecule has 114 valence electrons. The van der Waals surface area contributed by atoms with Crippen molar-refractivity contribution in [1.82, 2.24) is 4.90 Å². The lowest BCUT2D eigenvalue weighted by Crippen LogP contribution is -2.38. The molecule has 20 heavy (non-hydrogen) atoms. The second kappa shape index (κ2) is 10.7. The summed E-state index contributed by atoms with van der Waals surface area (Å²) in [6.45, 7) is 11.8. The minimum absolute atomic E-state index is 0.745. The summed E-state index contributed by atoms with van der Waals surface area (Å²) in [6.07, 6.45) is 10.7. The highest BCUT2D eigenvalue weighted by molar-refractivity contribution is 5.23. The van der Waals surface area contributed by atoms with Crippen LogP contribution in [0.15, 0.2) is 35.6 Å². The van der Waals surface area contributed by atoms with Crippen molar-refractivity contribution < 1.29 is 9.47 Å². The van der Waals surface area contributed by atoms with Crippen molar-refractivity contribution in [2.45, 2.75) is 33.6 Å². The monoisotopic (exact) mass is 279 g/mol. The average molecular weight is 279 g/mol. The summed E-state index contributed by atoms with van der Waals surface area (Å²) in [6, 6.07) is 0. The van der Waals surface area contributed by atoms with Crippen molar-refractivity contribution in [1.29, 1.82) is 0 Å². The molecule has 3 heteroatoms. The number of hydrogen-bond acceptors (Lipinski definition) is 3. The summed E-state index contributed by atoms with van der Waals surface area (Å²) in [5.41, 5.74) is 1.25. The zero-order chi connectivity index (χ0) is 14.6. The van der Waals surface area contributed by atoms with Crippen LogP contribution < -0.4 is 0 Å². The second-order valence-electron chi connectivity index (χ2n) is 5.06. The van der Waals surface area contributed by atoms with Gasteiger partial charge in [-0.1, -0.05) is 31.1 Å². The maximum absolute atomic E-state index is 5.91. The molecular weight excluding hydrogens is 250 g/mol. The number of hydrogen-bond donors (Lipinski definition) is 0. The van der Waals surface area contributed by atoms with Gasteiger partial charge in [0.15, 0.2) is 0 Å². The van der Waals surface area contributed by atoms with Gasteiger partial charge in [-0.3, -0.25) is 4.90 Å². The number of rotatable bonds is 8. The molecule has 1 aliphatic rings. The summed E-state index contributed by atoms with van der Waals surface area (Å²) >= 11 is 0. The molecule has 1 fully saturated rings. The SMILES string of the molecule is C\C=C(C)/C=C\C(=C\CCC)OCCN1CCOCC1. The first-order valence-electron chi connectivity index (χ1n) is 7.70. The Morgan fingerprint density at radius 2 is 2.00 bits per heavy atom. The third kappa shape index (κ3) is 7.51. The highest BCUT2D eigenvalue weighted by atomic mass is 16.5. The summed E-state index contributed by atoms with van der Waals surface area (Å²) < 4.78 is 11.3. The van der Waals surface area contributed by atoms with Crippen molar-refractivity contribution in [3.05, 3.63) is 35.6 Å². The smallest absolute Gasteiger partial charge is 0.115 e. The van der Waals surface area contributed by atoms with E-state index in [1.54, 1.807) is 0 Å². The van der Waals surface area contributed by atoms with Crippen LogP contribution >= 0.6 is 0 Å². The first kappa shape index (κ1) is 17.0. The Morgan fingerprint density at radius 1 is 1.25 bits per heavy atom. The van der Waals surface area contributed by atoms with Gasteiger partial charge in [-0.2, -0.15) is 0 Å². The lowest BCUT2D eigenvalue weighted by molar-refractivity contribution is 0.0281. The molecule has 0 bridgehead atoms. The molecule has 1 aliphatic heterocycles. The van der Waals surface area contributed by atoms with E-state index in [0.29, 0.717) is 0 Å². The van der Waals surface area contributed by atoms with Crippen molar-refractivity contribution in [3.63, 3.8) is 0 Å². The summed E-state index contributed by atoms with van der Waals surface area (Å²) in [4.78, 5) is 2.39. The Morgan fingerprint density at radius 3 is 2.65 bits per heavy atom. The first-order chi connectivity index (χ1) is 9.76. The Hall–Kier alpha value is -1.06. The van der Waals surface area contributed by atoms with Gasteiger partial charge < -0.3 is 9.47 Å². The van der Waals surface area contributed by atoms with Crippen molar-refractivity contribution >= 4 is 0 Å². The van der Waals surface area contributed by atoms with Crippen molar-refractivity contribution in [2.75, 3.05) is 39.5 Å². The van der Waals surface area contributed by atoms with E-state index in [-0.39, 0.29) is 0 Å². The number of nitrogens with zero attached hydrogens (tertiary/aromatic N) is 1. The van der Waals surface area contributed by atoms with E-state index in [4.69, 9.17) is 9.47 Å². The summed E-state index contributed by atoms with van der Waals surface area (Å²) in [7, 11) is 0. The van der Waals surface area contributed by atoms with Gasteiger partial charge in [0, 0.05) is 19.6 Å². The predicted molar refractivity (Wildman–Crippen MR) is 84.8 cm³/mol. The van der Waals surface area contributed by atoms with E-state index < -0.39 is 0 Å². The Labute approximate surface area is 123 Å². The Bertz CT molecular complexity index is 339. The van der Waals surface area contributed by atoms with E-state index in [2.05, 4.69) is 43.1 Å². The maximum Gasteiger partial charge on any atom is 0.115 e. The minimum Gasteiger partial charge on any atom is -0.493 e. The Balaban J connectivity index is 2.37. The molecule has 0 atom stereocenters. The van der Waals surface area contributed by atoms with Crippen LogP contribution in [0.25, 0.3) is 0 Å². The van der Waals surface area contributed by atoms with Crippen molar-refractivity contribution in [3.8, 4) is 0 Å².